The third-order valence-electron chi connectivity index (χ3n) is 3.22. The topological polar surface area (TPSA) is 52.7 Å². The van der Waals surface area contributed by atoms with Gasteiger partial charge in [0.1, 0.15) is 0 Å². The van der Waals surface area contributed by atoms with Crippen molar-refractivity contribution in [2.45, 2.75) is 25.8 Å². The van der Waals surface area contributed by atoms with Crippen LogP contribution in [0, 0.1) is 0 Å². The van der Waals surface area contributed by atoms with Gasteiger partial charge in [-0.25, -0.2) is 4.72 Å². The molecule has 0 amide bonds. The van der Waals surface area contributed by atoms with E-state index in [1.54, 1.807) is 4.31 Å². The number of hydrogen-bond donors (Lipinski definition) is 1. The van der Waals surface area contributed by atoms with Crippen molar-refractivity contribution in [3.05, 3.63) is 0 Å². The molecule has 0 aliphatic carbocycles. The summed E-state index contributed by atoms with van der Waals surface area (Å²) in [7, 11) is -3.22. The minimum absolute atomic E-state index is 0.451. The van der Waals surface area contributed by atoms with E-state index in [1.807, 2.05) is 6.92 Å². The molecule has 1 N–H and O–H groups in total. The van der Waals surface area contributed by atoms with Crippen LogP contribution in [0.1, 0.15) is 19.8 Å². The van der Waals surface area contributed by atoms with E-state index in [1.165, 1.54) is 6.42 Å². The lowest BCUT2D eigenvalue weighted by Gasteiger charge is -2.36. The first-order valence-corrected chi connectivity index (χ1v) is 7.06. The van der Waals surface area contributed by atoms with Crippen LogP contribution in [-0.4, -0.2) is 56.4 Å². The maximum atomic E-state index is 11.8. The molecule has 1 atom stereocenters. The Bertz CT molecular complexity index is 317. The van der Waals surface area contributed by atoms with Crippen molar-refractivity contribution in [1.29, 1.82) is 0 Å². The summed E-state index contributed by atoms with van der Waals surface area (Å²) in [6.45, 7) is 5.59. The van der Waals surface area contributed by atoms with Gasteiger partial charge in [-0.05, 0) is 19.4 Å². The van der Waals surface area contributed by atoms with Gasteiger partial charge in [-0.1, -0.05) is 6.92 Å². The average Bonchev–Trinajstić information content (AvgIpc) is 2.63. The minimum Gasteiger partial charge on any atom is -0.298 e. The second kappa shape index (κ2) is 4.37. The van der Waals surface area contributed by atoms with Crippen LogP contribution in [0.15, 0.2) is 0 Å². The third kappa shape index (κ3) is 2.33. The maximum Gasteiger partial charge on any atom is 0.279 e. The smallest absolute Gasteiger partial charge is 0.279 e. The first kappa shape index (κ1) is 11.3. The fourth-order valence-electron chi connectivity index (χ4n) is 2.45. The van der Waals surface area contributed by atoms with Crippen LogP contribution in [0.2, 0.25) is 0 Å². The van der Waals surface area contributed by atoms with E-state index >= 15 is 0 Å². The summed E-state index contributed by atoms with van der Waals surface area (Å²) in [5.41, 5.74) is 0. The molecule has 0 bridgehead atoms. The lowest BCUT2D eigenvalue weighted by molar-refractivity contribution is 0.157. The zero-order valence-corrected chi connectivity index (χ0v) is 9.96. The van der Waals surface area contributed by atoms with Gasteiger partial charge in [0.15, 0.2) is 0 Å². The molecule has 0 aromatic carbocycles. The zero-order valence-electron chi connectivity index (χ0n) is 9.15. The Morgan fingerprint density at radius 1 is 1.33 bits per heavy atom. The summed E-state index contributed by atoms with van der Waals surface area (Å²) in [5, 5.41) is 0. The van der Waals surface area contributed by atoms with Crippen LogP contribution in [0.25, 0.3) is 0 Å². The summed E-state index contributed by atoms with van der Waals surface area (Å²) in [5.74, 6) is 0. The van der Waals surface area contributed by atoms with E-state index in [2.05, 4.69) is 9.62 Å². The van der Waals surface area contributed by atoms with Crippen molar-refractivity contribution in [3.8, 4) is 0 Å². The molecule has 0 saturated carbocycles. The van der Waals surface area contributed by atoms with Crippen LogP contribution >= 0.6 is 0 Å². The van der Waals surface area contributed by atoms with Crippen molar-refractivity contribution >= 4 is 10.2 Å². The molecule has 0 aromatic heterocycles. The number of nitrogens with one attached hydrogen (secondary N) is 1. The second-order valence-electron chi connectivity index (χ2n) is 4.19. The lowest BCUT2D eigenvalue weighted by Crippen LogP contribution is -2.54. The van der Waals surface area contributed by atoms with Gasteiger partial charge in [0.05, 0.1) is 0 Å². The third-order valence-corrected chi connectivity index (χ3v) is 4.88. The SMILES string of the molecule is CCNS(=O)(=O)N1CCN2CCC[C@H]2C1. The molecular weight excluding hydrogens is 214 g/mol. The largest absolute Gasteiger partial charge is 0.298 e. The molecule has 6 heteroatoms. The van der Waals surface area contributed by atoms with Gasteiger partial charge >= 0.3 is 0 Å². The fraction of sp³-hybridized carbons (Fsp3) is 1.00. The van der Waals surface area contributed by atoms with Crippen molar-refractivity contribution in [3.63, 3.8) is 0 Å². The Labute approximate surface area is 91.6 Å². The maximum absolute atomic E-state index is 11.8. The number of rotatable bonds is 3. The van der Waals surface area contributed by atoms with E-state index < -0.39 is 10.2 Å². The van der Waals surface area contributed by atoms with E-state index in [0.717, 1.165) is 19.5 Å². The van der Waals surface area contributed by atoms with Gasteiger partial charge in [-0.3, -0.25) is 4.90 Å². The second-order valence-corrected chi connectivity index (χ2v) is 5.95. The zero-order chi connectivity index (χ0) is 10.9. The van der Waals surface area contributed by atoms with Gasteiger partial charge in [0.25, 0.3) is 10.2 Å². The fourth-order valence-corrected chi connectivity index (χ4v) is 3.69. The lowest BCUT2D eigenvalue weighted by atomic mass is 10.2. The molecule has 0 unspecified atom stereocenters. The van der Waals surface area contributed by atoms with Crippen LogP contribution in [0.5, 0.6) is 0 Å². The molecule has 2 heterocycles. The van der Waals surface area contributed by atoms with Gasteiger partial charge in [0.2, 0.25) is 0 Å². The Balaban J connectivity index is 2.00. The van der Waals surface area contributed by atoms with E-state index in [9.17, 15) is 8.42 Å². The van der Waals surface area contributed by atoms with Crippen LogP contribution in [-0.2, 0) is 10.2 Å². The molecule has 2 aliphatic heterocycles. The molecule has 0 spiro atoms. The molecule has 5 nitrogen and oxygen atoms in total. The van der Waals surface area contributed by atoms with Crippen molar-refractivity contribution < 1.29 is 8.42 Å². The predicted molar refractivity (Wildman–Crippen MR) is 58.8 cm³/mol. The molecule has 15 heavy (non-hydrogen) atoms. The summed E-state index contributed by atoms with van der Waals surface area (Å²) in [6, 6.07) is 0.451. The molecule has 2 fully saturated rings. The van der Waals surface area contributed by atoms with Crippen molar-refractivity contribution in [2.75, 3.05) is 32.7 Å². The molecule has 0 radical (unpaired) electrons. The Morgan fingerprint density at radius 2 is 2.13 bits per heavy atom. The van der Waals surface area contributed by atoms with Crippen molar-refractivity contribution in [2.24, 2.45) is 0 Å². The molecule has 2 aliphatic rings. The Kier molecular flexibility index (Phi) is 3.30. The molecule has 2 rings (SSSR count). The molecule has 0 aromatic rings. The van der Waals surface area contributed by atoms with Crippen LogP contribution in [0.4, 0.5) is 0 Å². The van der Waals surface area contributed by atoms with Crippen LogP contribution in [0.3, 0.4) is 0 Å². The highest BCUT2D eigenvalue weighted by molar-refractivity contribution is 7.87. The monoisotopic (exact) mass is 233 g/mol. The predicted octanol–water partition coefficient (Wildman–Crippen LogP) is -0.379. The van der Waals surface area contributed by atoms with Gasteiger partial charge in [-0.15, -0.1) is 0 Å². The first-order valence-electron chi connectivity index (χ1n) is 5.62. The number of hydrogen-bond acceptors (Lipinski definition) is 3. The Hall–Kier alpha value is -0.170. The molecular formula is C9H19N3O2S. The highest BCUT2D eigenvalue weighted by Crippen LogP contribution is 2.22. The average molecular weight is 233 g/mol. The highest BCUT2D eigenvalue weighted by Gasteiger charge is 2.35. The van der Waals surface area contributed by atoms with Gasteiger partial charge in [0, 0.05) is 32.2 Å². The normalized spacial score (nSPS) is 29.3. The number of fused-ring (bicyclic) bond motifs is 1. The summed E-state index contributed by atoms with van der Waals surface area (Å²) in [4.78, 5) is 2.40. The quantitative estimate of drug-likeness (QED) is 0.723. The standard InChI is InChI=1S/C9H19N3O2S/c1-2-10-15(13,14)12-7-6-11-5-3-4-9(11)8-12/h9-10H,2-8H2,1H3/t9-/m0/s1. The van der Waals surface area contributed by atoms with E-state index in [-0.39, 0.29) is 0 Å². The van der Waals surface area contributed by atoms with E-state index in [4.69, 9.17) is 0 Å². The number of nitrogens with zero attached hydrogens (tertiary/aromatic N) is 2. The minimum atomic E-state index is -3.22. The van der Waals surface area contributed by atoms with Gasteiger partial charge in [-0.2, -0.15) is 12.7 Å². The first-order chi connectivity index (χ1) is 7.13. The summed E-state index contributed by atoms with van der Waals surface area (Å²) >= 11 is 0. The number of piperazine rings is 1. The molecule has 88 valence electrons. The van der Waals surface area contributed by atoms with Gasteiger partial charge < -0.3 is 0 Å². The summed E-state index contributed by atoms with van der Waals surface area (Å²) in [6.07, 6.45) is 2.35. The van der Waals surface area contributed by atoms with E-state index in [0.29, 0.717) is 25.7 Å². The van der Waals surface area contributed by atoms with Crippen molar-refractivity contribution in [1.82, 2.24) is 13.9 Å². The molecule has 2 saturated heterocycles. The highest BCUT2D eigenvalue weighted by atomic mass is 32.2. The van der Waals surface area contributed by atoms with Crippen LogP contribution < -0.4 is 4.72 Å². The summed E-state index contributed by atoms with van der Waals surface area (Å²) < 4.78 is 27.7. The Morgan fingerprint density at radius 3 is 2.87 bits per heavy atom.